The van der Waals surface area contributed by atoms with Crippen LogP contribution >= 0.6 is 0 Å². The third-order valence-corrected chi connectivity index (χ3v) is 8.73. The van der Waals surface area contributed by atoms with Gasteiger partial charge < -0.3 is 20.9 Å². The Kier molecular flexibility index (Phi) is 11.1. The molecule has 3 N–H and O–H groups in total. The highest BCUT2D eigenvalue weighted by atomic mass is 16.2. The fourth-order valence-electron chi connectivity index (χ4n) is 5.91. The average molecular weight is 626 g/mol. The number of aromatic nitrogens is 1. The van der Waals surface area contributed by atoms with E-state index in [-0.39, 0.29) is 17.9 Å². The summed E-state index contributed by atoms with van der Waals surface area (Å²) < 4.78 is 0. The predicted molar refractivity (Wildman–Crippen MR) is 190 cm³/mol. The van der Waals surface area contributed by atoms with Gasteiger partial charge in [0.25, 0.3) is 5.91 Å². The van der Waals surface area contributed by atoms with Crippen molar-refractivity contribution in [3.63, 3.8) is 0 Å². The van der Waals surface area contributed by atoms with Gasteiger partial charge >= 0.3 is 0 Å². The molecule has 0 fully saturated rings. The molecular weight excluding hydrogens is 582 g/mol. The molecule has 240 valence electrons. The van der Waals surface area contributed by atoms with E-state index in [0.29, 0.717) is 31.5 Å². The zero-order valence-electron chi connectivity index (χ0n) is 27.2. The molecule has 1 heterocycles. The number of rotatable bonds is 14. The maximum atomic E-state index is 14.7. The van der Waals surface area contributed by atoms with Crippen LogP contribution in [0.5, 0.6) is 0 Å². The summed E-state index contributed by atoms with van der Waals surface area (Å²) in [6.45, 7) is 5.38. The molecule has 0 aliphatic rings. The Bertz CT molecular complexity index is 1810. The first kappa shape index (κ1) is 33.1. The SMILES string of the molecule is C=C(NCCc1ccncc1)C(Cc1ccccc1)N(C)C(=O)[C@@H](Cc1ccc2ccccc2c1)N(C)C(=O)c1cccc(CN)c1. The van der Waals surface area contributed by atoms with Gasteiger partial charge in [-0.25, -0.2) is 0 Å². The van der Waals surface area contributed by atoms with Crippen molar-refractivity contribution in [1.29, 1.82) is 0 Å². The van der Waals surface area contributed by atoms with Gasteiger partial charge in [0.2, 0.25) is 5.91 Å². The van der Waals surface area contributed by atoms with Crippen molar-refractivity contribution in [3.8, 4) is 0 Å². The summed E-state index contributed by atoms with van der Waals surface area (Å²) in [5.74, 6) is -0.399. The number of hydrogen-bond donors (Lipinski definition) is 2. The maximum absolute atomic E-state index is 14.7. The van der Waals surface area contributed by atoms with E-state index < -0.39 is 6.04 Å². The molecule has 47 heavy (non-hydrogen) atoms. The van der Waals surface area contributed by atoms with Gasteiger partial charge in [0.1, 0.15) is 6.04 Å². The molecule has 0 radical (unpaired) electrons. The Morgan fingerprint density at radius 2 is 1.40 bits per heavy atom. The Labute approximate surface area is 277 Å². The molecule has 7 heteroatoms. The van der Waals surface area contributed by atoms with Crippen molar-refractivity contribution in [3.05, 3.63) is 162 Å². The van der Waals surface area contributed by atoms with Crippen LogP contribution in [0.3, 0.4) is 0 Å². The summed E-state index contributed by atoms with van der Waals surface area (Å²) in [6.07, 6.45) is 5.29. The van der Waals surface area contributed by atoms with Gasteiger partial charge in [0.05, 0.1) is 6.04 Å². The van der Waals surface area contributed by atoms with Gasteiger partial charge in [0.15, 0.2) is 0 Å². The molecule has 0 saturated heterocycles. The molecule has 2 atom stereocenters. The van der Waals surface area contributed by atoms with Crippen molar-refractivity contribution in [2.24, 2.45) is 5.73 Å². The molecule has 4 aromatic carbocycles. The Hall–Kier alpha value is -5.27. The van der Waals surface area contributed by atoms with Crippen LogP contribution in [0.15, 0.2) is 134 Å². The fourth-order valence-corrected chi connectivity index (χ4v) is 5.91. The summed E-state index contributed by atoms with van der Waals surface area (Å²) in [6, 6.07) is 34.6. The Morgan fingerprint density at radius 1 is 0.723 bits per heavy atom. The van der Waals surface area contributed by atoms with Crippen molar-refractivity contribution in [2.45, 2.75) is 37.9 Å². The minimum atomic E-state index is -0.766. The largest absolute Gasteiger partial charge is 0.387 e. The first-order valence-electron chi connectivity index (χ1n) is 16.0. The van der Waals surface area contributed by atoms with E-state index >= 15 is 0 Å². The number of carbonyl (C=O) groups excluding carboxylic acids is 2. The van der Waals surface area contributed by atoms with Crippen LogP contribution in [-0.2, 0) is 30.6 Å². The van der Waals surface area contributed by atoms with Crippen LogP contribution in [0, 0.1) is 0 Å². The van der Waals surface area contributed by atoms with Gasteiger partial charge in [-0.05, 0) is 70.1 Å². The lowest BCUT2D eigenvalue weighted by Crippen LogP contribution is -2.53. The molecule has 2 amide bonds. The maximum Gasteiger partial charge on any atom is 0.254 e. The van der Waals surface area contributed by atoms with Crippen molar-refractivity contribution in [2.75, 3.05) is 20.6 Å². The summed E-state index contributed by atoms with van der Waals surface area (Å²) >= 11 is 0. The molecule has 5 rings (SSSR count). The topological polar surface area (TPSA) is 91.6 Å². The second kappa shape index (κ2) is 15.8. The minimum absolute atomic E-state index is 0.165. The molecule has 0 aliphatic heterocycles. The Morgan fingerprint density at radius 3 is 2.15 bits per heavy atom. The monoisotopic (exact) mass is 625 g/mol. The molecule has 1 unspecified atom stereocenters. The zero-order valence-corrected chi connectivity index (χ0v) is 27.2. The number of fused-ring (bicyclic) bond motifs is 1. The molecule has 5 aromatic rings. The lowest BCUT2D eigenvalue weighted by molar-refractivity contribution is -0.136. The molecule has 0 saturated carbocycles. The molecule has 1 aromatic heterocycles. The lowest BCUT2D eigenvalue weighted by Gasteiger charge is -2.36. The lowest BCUT2D eigenvalue weighted by atomic mass is 9.97. The number of carbonyl (C=O) groups is 2. The second-order valence-electron chi connectivity index (χ2n) is 11.9. The third-order valence-electron chi connectivity index (χ3n) is 8.73. The number of benzene rings is 4. The third kappa shape index (κ3) is 8.51. The zero-order chi connectivity index (χ0) is 33.2. The summed E-state index contributed by atoms with van der Waals surface area (Å²) in [5, 5.41) is 5.69. The van der Waals surface area contributed by atoms with E-state index in [1.54, 1.807) is 41.4 Å². The highest BCUT2D eigenvalue weighted by Crippen LogP contribution is 2.22. The van der Waals surface area contributed by atoms with Crippen molar-refractivity contribution < 1.29 is 9.59 Å². The number of nitrogens with two attached hydrogens (primary N) is 1. The van der Waals surface area contributed by atoms with Crippen molar-refractivity contribution >= 4 is 22.6 Å². The molecular formula is C40H43N5O2. The number of nitrogens with one attached hydrogen (secondary N) is 1. The second-order valence-corrected chi connectivity index (χ2v) is 11.9. The number of amides is 2. The minimum Gasteiger partial charge on any atom is -0.387 e. The highest BCUT2D eigenvalue weighted by Gasteiger charge is 2.34. The molecule has 0 bridgehead atoms. The van der Waals surface area contributed by atoms with Gasteiger partial charge in [-0.15, -0.1) is 0 Å². The average Bonchev–Trinajstić information content (AvgIpc) is 3.12. The van der Waals surface area contributed by atoms with E-state index in [1.807, 2.05) is 67.7 Å². The summed E-state index contributed by atoms with van der Waals surface area (Å²) in [4.78, 5) is 36.0. The number of pyridine rings is 1. The van der Waals surface area contributed by atoms with Crippen LogP contribution < -0.4 is 11.1 Å². The standard InChI is InChI=1S/C40H43N5O2/c1-29(43-23-20-30-18-21-42-22-19-30)37(26-31-10-5-4-6-11-31)44(2)40(47)38(27-32-16-17-34-13-7-8-14-35(34)24-32)45(3)39(46)36-15-9-12-33(25-36)28-41/h4-19,21-22,24-25,37-38,43H,1,20,23,26-28,41H2,2-3H3/t37?,38-/m1/s1. The molecule has 0 aliphatic carbocycles. The van der Waals surface area contributed by atoms with E-state index in [4.69, 9.17) is 5.73 Å². The Balaban J connectivity index is 1.44. The number of hydrogen-bond acceptors (Lipinski definition) is 5. The quantitative estimate of drug-likeness (QED) is 0.163. The normalized spacial score (nSPS) is 12.2. The van der Waals surface area contributed by atoms with E-state index in [0.717, 1.165) is 39.6 Å². The van der Waals surface area contributed by atoms with Crippen LogP contribution in [0.2, 0.25) is 0 Å². The van der Waals surface area contributed by atoms with Gasteiger partial charge in [-0.1, -0.05) is 91.5 Å². The summed E-state index contributed by atoms with van der Waals surface area (Å²) in [5.41, 5.74) is 11.2. The van der Waals surface area contributed by atoms with Gasteiger partial charge in [-0.3, -0.25) is 14.6 Å². The summed E-state index contributed by atoms with van der Waals surface area (Å²) in [7, 11) is 3.52. The fraction of sp³-hybridized carbons (Fsp3) is 0.225. The van der Waals surface area contributed by atoms with Crippen LogP contribution in [0.25, 0.3) is 10.8 Å². The van der Waals surface area contributed by atoms with Gasteiger partial charge in [0, 0.05) is 57.3 Å². The van der Waals surface area contributed by atoms with Crippen molar-refractivity contribution in [1.82, 2.24) is 20.1 Å². The van der Waals surface area contributed by atoms with E-state index in [2.05, 4.69) is 53.3 Å². The first-order chi connectivity index (χ1) is 22.8. The highest BCUT2D eigenvalue weighted by molar-refractivity contribution is 5.97. The van der Waals surface area contributed by atoms with Gasteiger partial charge in [-0.2, -0.15) is 0 Å². The van der Waals surface area contributed by atoms with E-state index in [1.165, 1.54) is 5.56 Å². The van der Waals surface area contributed by atoms with E-state index in [9.17, 15) is 9.59 Å². The van der Waals surface area contributed by atoms with Crippen LogP contribution in [-0.4, -0.2) is 59.3 Å². The smallest absolute Gasteiger partial charge is 0.254 e. The first-order valence-corrected chi connectivity index (χ1v) is 16.0. The molecule has 7 nitrogen and oxygen atoms in total. The number of likely N-dealkylation sites (N-methyl/N-ethyl adjacent to an activating group) is 2. The molecule has 0 spiro atoms. The van der Waals surface area contributed by atoms with Crippen LogP contribution in [0.4, 0.5) is 0 Å². The number of nitrogens with zero attached hydrogens (tertiary/aromatic N) is 3. The predicted octanol–water partition coefficient (Wildman–Crippen LogP) is 5.79. The van der Waals surface area contributed by atoms with Crippen LogP contribution in [0.1, 0.15) is 32.6 Å².